The molecule has 20 heavy (non-hydrogen) atoms. The molecule has 5 heteroatoms. The molecule has 1 aliphatic carbocycles. The van der Waals surface area contributed by atoms with Gasteiger partial charge in [0.05, 0.1) is 6.20 Å². The summed E-state index contributed by atoms with van der Waals surface area (Å²) in [6, 6.07) is 7.60. The lowest BCUT2D eigenvalue weighted by Gasteiger charge is -2.22. The largest absolute Gasteiger partial charge is 0.349 e. The predicted molar refractivity (Wildman–Crippen MR) is 76.2 cm³/mol. The third kappa shape index (κ3) is 2.58. The zero-order chi connectivity index (χ0) is 13.9. The Morgan fingerprint density at radius 1 is 1.40 bits per heavy atom. The maximum absolute atomic E-state index is 12.2. The van der Waals surface area contributed by atoms with Gasteiger partial charge in [-0.15, -0.1) is 0 Å². The molecular weight excluding hydrogens is 252 g/mol. The van der Waals surface area contributed by atoms with Crippen LogP contribution in [0.3, 0.4) is 0 Å². The van der Waals surface area contributed by atoms with Gasteiger partial charge in [-0.2, -0.15) is 5.10 Å². The maximum atomic E-state index is 12.2. The standard InChI is InChI=1S/C15H18N4O/c16-8-10-1-3-11(4-2-10)15(20)18-13-6-5-12-9-17-19-14(12)7-13/h1-4,9,13H,5-8,16H2,(H,17,19)(H,18,20)/t13-/m0/s1. The average molecular weight is 270 g/mol. The lowest BCUT2D eigenvalue weighted by Crippen LogP contribution is -2.38. The van der Waals surface area contributed by atoms with Crippen molar-refractivity contribution in [3.05, 3.63) is 52.8 Å². The van der Waals surface area contributed by atoms with E-state index in [4.69, 9.17) is 5.73 Å². The number of aromatic amines is 1. The second kappa shape index (κ2) is 5.46. The number of nitrogens with zero attached hydrogens (tertiary/aromatic N) is 1. The quantitative estimate of drug-likeness (QED) is 0.782. The van der Waals surface area contributed by atoms with E-state index in [1.165, 1.54) is 5.56 Å². The van der Waals surface area contributed by atoms with E-state index in [1.54, 1.807) is 0 Å². The Morgan fingerprint density at radius 3 is 2.95 bits per heavy atom. The second-order valence-electron chi connectivity index (χ2n) is 5.19. The minimum Gasteiger partial charge on any atom is -0.349 e. The first-order chi connectivity index (χ1) is 9.76. The van der Waals surface area contributed by atoms with Crippen LogP contribution in [0.5, 0.6) is 0 Å². The number of aromatic nitrogens is 2. The third-order valence-corrected chi connectivity index (χ3v) is 3.81. The topological polar surface area (TPSA) is 83.8 Å². The first kappa shape index (κ1) is 12.9. The fraction of sp³-hybridized carbons (Fsp3) is 0.333. The van der Waals surface area contributed by atoms with E-state index in [-0.39, 0.29) is 11.9 Å². The number of hydrogen-bond acceptors (Lipinski definition) is 3. The Bertz CT molecular complexity index is 603. The van der Waals surface area contributed by atoms with Gasteiger partial charge >= 0.3 is 0 Å². The molecule has 3 rings (SSSR count). The van der Waals surface area contributed by atoms with E-state index in [1.807, 2.05) is 30.5 Å². The van der Waals surface area contributed by atoms with Crippen molar-refractivity contribution in [2.45, 2.75) is 31.8 Å². The van der Waals surface area contributed by atoms with Crippen molar-refractivity contribution in [2.75, 3.05) is 0 Å². The monoisotopic (exact) mass is 270 g/mol. The number of nitrogens with two attached hydrogens (primary N) is 1. The van der Waals surface area contributed by atoms with Crippen LogP contribution in [-0.2, 0) is 19.4 Å². The van der Waals surface area contributed by atoms with Crippen molar-refractivity contribution in [3.8, 4) is 0 Å². The van der Waals surface area contributed by atoms with Crippen LogP contribution >= 0.6 is 0 Å². The first-order valence-electron chi connectivity index (χ1n) is 6.87. The molecule has 1 aromatic carbocycles. The maximum Gasteiger partial charge on any atom is 0.251 e. The van der Waals surface area contributed by atoms with Crippen LogP contribution in [0.25, 0.3) is 0 Å². The summed E-state index contributed by atoms with van der Waals surface area (Å²) in [6.07, 6.45) is 4.61. The molecule has 1 amide bonds. The molecular formula is C15H18N4O. The molecule has 1 aromatic heterocycles. The van der Waals surface area contributed by atoms with Crippen LogP contribution in [0.1, 0.15) is 33.6 Å². The van der Waals surface area contributed by atoms with E-state index < -0.39 is 0 Å². The molecule has 0 bridgehead atoms. The highest BCUT2D eigenvalue weighted by molar-refractivity contribution is 5.94. The number of nitrogens with one attached hydrogen (secondary N) is 2. The average Bonchev–Trinajstić information content (AvgIpc) is 2.95. The Kier molecular flexibility index (Phi) is 3.52. The van der Waals surface area contributed by atoms with Gasteiger partial charge in [-0.1, -0.05) is 12.1 Å². The number of carbonyl (C=O) groups is 1. The number of fused-ring (bicyclic) bond motifs is 1. The number of benzene rings is 1. The summed E-state index contributed by atoms with van der Waals surface area (Å²) in [5.74, 6) is -0.0264. The van der Waals surface area contributed by atoms with Crippen LogP contribution in [0.4, 0.5) is 0 Å². The summed E-state index contributed by atoms with van der Waals surface area (Å²) in [7, 11) is 0. The lowest BCUT2D eigenvalue weighted by atomic mass is 9.93. The van der Waals surface area contributed by atoms with Crippen molar-refractivity contribution in [1.82, 2.24) is 15.5 Å². The fourth-order valence-corrected chi connectivity index (χ4v) is 2.59. The lowest BCUT2D eigenvalue weighted by molar-refractivity contribution is 0.0933. The number of H-pyrrole nitrogens is 1. The third-order valence-electron chi connectivity index (χ3n) is 3.81. The summed E-state index contributed by atoms with van der Waals surface area (Å²) in [6.45, 7) is 0.493. The molecule has 0 spiro atoms. The highest BCUT2D eigenvalue weighted by Crippen LogP contribution is 2.19. The van der Waals surface area contributed by atoms with Crippen LogP contribution < -0.4 is 11.1 Å². The molecule has 5 nitrogen and oxygen atoms in total. The zero-order valence-electron chi connectivity index (χ0n) is 11.2. The molecule has 0 unspecified atom stereocenters. The zero-order valence-corrected chi connectivity index (χ0v) is 11.2. The van der Waals surface area contributed by atoms with E-state index in [0.717, 1.165) is 30.5 Å². The molecule has 1 heterocycles. The normalized spacial score (nSPS) is 17.6. The van der Waals surface area contributed by atoms with Crippen molar-refractivity contribution in [3.63, 3.8) is 0 Å². The minimum absolute atomic E-state index is 0.0264. The van der Waals surface area contributed by atoms with Crippen LogP contribution in [0, 0.1) is 0 Å². The molecule has 0 aliphatic heterocycles. The molecule has 0 radical (unpaired) electrons. The molecule has 1 atom stereocenters. The van der Waals surface area contributed by atoms with Crippen molar-refractivity contribution < 1.29 is 4.79 Å². The molecule has 1 aliphatic rings. The molecule has 104 valence electrons. The number of rotatable bonds is 3. The summed E-state index contributed by atoms with van der Waals surface area (Å²) in [5, 5.41) is 10.1. The fourth-order valence-electron chi connectivity index (χ4n) is 2.59. The molecule has 2 aromatic rings. The highest BCUT2D eigenvalue weighted by Gasteiger charge is 2.21. The Labute approximate surface area is 117 Å². The molecule has 0 saturated carbocycles. The van der Waals surface area contributed by atoms with E-state index in [2.05, 4.69) is 15.5 Å². The smallest absolute Gasteiger partial charge is 0.251 e. The highest BCUT2D eigenvalue weighted by atomic mass is 16.1. The first-order valence-corrected chi connectivity index (χ1v) is 6.87. The Balaban J connectivity index is 1.64. The minimum atomic E-state index is -0.0264. The van der Waals surface area contributed by atoms with Crippen molar-refractivity contribution in [2.24, 2.45) is 5.73 Å². The van der Waals surface area contributed by atoms with Gasteiger partial charge in [0.25, 0.3) is 5.91 Å². The van der Waals surface area contributed by atoms with Crippen molar-refractivity contribution >= 4 is 5.91 Å². The van der Waals surface area contributed by atoms with Gasteiger partial charge in [-0.05, 0) is 36.1 Å². The van der Waals surface area contributed by atoms with Gasteiger partial charge in [0.15, 0.2) is 0 Å². The predicted octanol–water partition coefficient (Wildman–Crippen LogP) is 1.16. The van der Waals surface area contributed by atoms with E-state index in [9.17, 15) is 4.79 Å². The van der Waals surface area contributed by atoms with Gasteiger partial charge < -0.3 is 11.1 Å². The van der Waals surface area contributed by atoms with Crippen LogP contribution in [0.15, 0.2) is 30.5 Å². The van der Waals surface area contributed by atoms with Crippen LogP contribution in [0.2, 0.25) is 0 Å². The number of aryl methyl sites for hydroxylation is 1. The summed E-state index contributed by atoms with van der Waals surface area (Å²) >= 11 is 0. The molecule has 0 fully saturated rings. The summed E-state index contributed by atoms with van der Waals surface area (Å²) in [5.41, 5.74) is 9.66. The van der Waals surface area contributed by atoms with Crippen molar-refractivity contribution in [1.29, 1.82) is 0 Å². The second-order valence-corrected chi connectivity index (χ2v) is 5.19. The Morgan fingerprint density at radius 2 is 2.20 bits per heavy atom. The number of hydrogen-bond donors (Lipinski definition) is 3. The molecule has 4 N–H and O–H groups in total. The van der Waals surface area contributed by atoms with Gasteiger partial charge in [-0.25, -0.2) is 0 Å². The van der Waals surface area contributed by atoms with E-state index >= 15 is 0 Å². The SMILES string of the molecule is NCc1ccc(C(=O)N[C@H]2CCc3cn[nH]c3C2)cc1. The number of carbonyl (C=O) groups excluding carboxylic acids is 1. The van der Waals surface area contributed by atoms with Gasteiger partial charge in [0.1, 0.15) is 0 Å². The number of amides is 1. The molecule has 0 saturated heterocycles. The van der Waals surface area contributed by atoms with E-state index in [0.29, 0.717) is 12.1 Å². The summed E-state index contributed by atoms with van der Waals surface area (Å²) in [4.78, 5) is 12.2. The van der Waals surface area contributed by atoms with Gasteiger partial charge in [0.2, 0.25) is 0 Å². The van der Waals surface area contributed by atoms with Gasteiger partial charge in [0, 0.05) is 30.3 Å². The Hall–Kier alpha value is -2.14. The van der Waals surface area contributed by atoms with Crippen LogP contribution in [-0.4, -0.2) is 22.1 Å². The summed E-state index contributed by atoms with van der Waals surface area (Å²) < 4.78 is 0. The van der Waals surface area contributed by atoms with Gasteiger partial charge in [-0.3, -0.25) is 9.89 Å².